The summed E-state index contributed by atoms with van der Waals surface area (Å²) in [5.41, 5.74) is -0.0297. The summed E-state index contributed by atoms with van der Waals surface area (Å²) in [6.45, 7) is 1.58. The fourth-order valence-corrected chi connectivity index (χ4v) is 3.75. The highest BCUT2D eigenvalue weighted by Gasteiger charge is 2.32. The van der Waals surface area contributed by atoms with Crippen LogP contribution < -0.4 is 4.74 Å². The number of ether oxygens (including phenoxy) is 1. The normalized spacial score (nSPS) is 23.9. The molecule has 124 valence electrons. The maximum atomic E-state index is 12.3. The first-order valence-electron chi connectivity index (χ1n) is 8.28. The van der Waals surface area contributed by atoms with Crippen molar-refractivity contribution >= 4 is 11.6 Å². The van der Waals surface area contributed by atoms with E-state index < -0.39 is 4.92 Å². The van der Waals surface area contributed by atoms with Crippen LogP contribution in [0.1, 0.15) is 32.1 Å². The first-order valence-corrected chi connectivity index (χ1v) is 8.28. The number of carbonyl (C=O) groups is 1. The predicted molar refractivity (Wildman–Crippen MR) is 85.2 cm³/mol. The molecule has 2 atom stereocenters. The average molecular weight is 318 g/mol. The van der Waals surface area contributed by atoms with Gasteiger partial charge in [0.15, 0.2) is 6.61 Å². The summed E-state index contributed by atoms with van der Waals surface area (Å²) < 4.78 is 5.45. The lowest BCUT2D eigenvalue weighted by Gasteiger charge is -2.41. The van der Waals surface area contributed by atoms with Gasteiger partial charge in [0.2, 0.25) is 0 Å². The summed E-state index contributed by atoms with van der Waals surface area (Å²) in [4.78, 5) is 24.5. The van der Waals surface area contributed by atoms with Gasteiger partial charge in [0.1, 0.15) is 5.75 Å². The van der Waals surface area contributed by atoms with Gasteiger partial charge in [0, 0.05) is 19.2 Å². The van der Waals surface area contributed by atoms with Crippen LogP contribution in [0.4, 0.5) is 5.69 Å². The summed E-state index contributed by atoms with van der Waals surface area (Å²) in [5, 5.41) is 10.7. The molecule has 1 aromatic rings. The predicted octanol–water partition coefficient (Wildman–Crippen LogP) is 3.01. The van der Waals surface area contributed by atoms with Crippen LogP contribution in [0, 0.1) is 22.0 Å². The number of non-ortho nitro benzene ring substituents is 1. The molecule has 0 aromatic heterocycles. The molecule has 1 saturated heterocycles. The first-order chi connectivity index (χ1) is 11.1. The van der Waals surface area contributed by atoms with E-state index in [0.717, 1.165) is 25.4 Å². The Hall–Kier alpha value is -2.11. The summed E-state index contributed by atoms with van der Waals surface area (Å²) >= 11 is 0. The van der Waals surface area contributed by atoms with Gasteiger partial charge < -0.3 is 9.64 Å². The van der Waals surface area contributed by atoms with Crippen LogP contribution in [-0.2, 0) is 4.79 Å². The number of rotatable bonds is 4. The Morgan fingerprint density at radius 3 is 2.83 bits per heavy atom. The molecule has 6 heteroatoms. The van der Waals surface area contributed by atoms with Gasteiger partial charge in [-0.1, -0.05) is 25.3 Å². The topological polar surface area (TPSA) is 72.7 Å². The number of piperidine rings is 1. The maximum Gasteiger partial charge on any atom is 0.273 e. The van der Waals surface area contributed by atoms with E-state index >= 15 is 0 Å². The molecule has 1 aliphatic heterocycles. The molecule has 0 unspecified atom stereocenters. The van der Waals surface area contributed by atoms with Gasteiger partial charge in [-0.2, -0.15) is 0 Å². The van der Waals surface area contributed by atoms with E-state index in [0.29, 0.717) is 11.7 Å². The van der Waals surface area contributed by atoms with Crippen LogP contribution in [-0.4, -0.2) is 35.4 Å². The Morgan fingerprint density at radius 2 is 2.04 bits per heavy atom. The summed E-state index contributed by atoms with van der Waals surface area (Å²) in [6.07, 6.45) is 6.21. The number of nitro groups is 1. The van der Waals surface area contributed by atoms with Crippen LogP contribution in [0.3, 0.4) is 0 Å². The molecular weight excluding hydrogens is 296 g/mol. The van der Waals surface area contributed by atoms with Gasteiger partial charge in [-0.3, -0.25) is 14.9 Å². The quantitative estimate of drug-likeness (QED) is 0.632. The van der Waals surface area contributed by atoms with Gasteiger partial charge in [-0.25, -0.2) is 0 Å². The lowest BCUT2D eigenvalue weighted by molar-refractivity contribution is -0.384. The molecule has 1 saturated carbocycles. The fourth-order valence-electron chi connectivity index (χ4n) is 3.75. The zero-order valence-electron chi connectivity index (χ0n) is 13.1. The Bertz CT molecular complexity index is 590. The van der Waals surface area contributed by atoms with Gasteiger partial charge in [-0.05, 0) is 30.7 Å². The Morgan fingerprint density at radius 1 is 1.26 bits per heavy atom. The number of fused-ring (bicyclic) bond motifs is 1. The van der Waals surface area contributed by atoms with E-state index in [1.54, 1.807) is 12.1 Å². The van der Waals surface area contributed by atoms with Crippen LogP contribution >= 0.6 is 0 Å². The van der Waals surface area contributed by atoms with Crippen LogP contribution in [0.2, 0.25) is 0 Å². The van der Waals surface area contributed by atoms with Crippen molar-refractivity contribution in [3.8, 4) is 5.75 Å². The highest BCUT2D eigenvalue weighted by molar-refractivity contribution is 5.77. The zero-order valence-corrected chi connectivity index (χ0v) is 13.1. The second kappa shape index (κ2) is 6.98. The Kier molecular flexibility index (Phi) is 4.79. The second-order valence-corrected chi connectivity index (χ2v) is 6.48. The number of hydrogen-bond acceptors (Lipinski definition) is 4. The van der Waals surface area contributed by atoms with Crippen molar-refractivity contribution in [3.63, 3.8) is 0 Å². The minimum atomic E-state index is -0.470. The molecule has 0 radical (unpaired) electrons. The molecule has 1 aromatic carbocycles. The van der Waals surface area contributed by atoms with Gasteiger partial charge >= 0.3 is 0 Å². The second-order valence-electron chi connectivity index (χ2n) is 6.48. The molecule has 23 heavy (non-hydrogen) atoms. The van der Waals surface area contributed by atoms with Crippen molar-refractivity contribution in [2.75, 3.05) is 19.7 Å². The molecule has 3 rings (SSSR count). The number of likely N-dealkylation sites (tertiary alicyclic amines) is 1. The SMILES string of the molecule is O=C(COc1cccc([N+](=O)[O-])c1)N1CC[C@@H]2CCCC[C@@H]2C1. The van der Waals surface area contributed by atoms with Crippen molar-refractivity contribution in [1.29, 1.82) is 0 Å². The van der Waals surface area contributed by atoms with E-state index in [-0.39, 0.29) is 18.2 Å². The van der Waals surface area contributed by atoms with E-state index in [4.69, 9.17) is 4.74 Å². The van der Waals surface area contributed by atoms with Crippen molar-refractivity contribution in [1.82, 2.24) is 4.90 Å². The Balaban J connectivity index is 1.53. The lowest BCUT2D eigenvalue weighted by Crippen LogP contribution is -2.46. The molecule has 6 nitrogen and oxygen atoms in total. The van der Waals surface area contributed by atoms with Crippen molar-refractivity contribution in [3.05, 3.63) is 34.4 Å². The average Bonchev–Trinajstić information content (AvgIpc) is 2.59. The monoisotopic (exact) mass is 318 g/mol. The summed E-state index contributed by atoms with van der Waals surface area (Å²) in [7, 11) is 0. The fraction of sp³-hybridized carbons (Fsp3) is 0.588. The van der Waals surface area contributed by atoms with Crippen LogP contribution in [0.25, 0.3) is 0 Å². The number of carbonyl (C=O) groups excluding carboxylic acids is 1. The molecule has 2 aliphatic rings. The Labute approximate surface area is 135 Å². The third kappa shape index (κ3) is 3.81. The van der Waals surface area contributed by atoms with Crippen molar-refractivity contribution in [2.24, 2.45) is 11.8 Å². The maximum absolute atomic E-state index is 12.3. The summed E-state index contributed by atoms with van der Waals surface area (Å²) in [6, 6.07) is 5.95. The van der Waals surface area contributed by atoms with Gasteiger partial charge in [0.05, 0.1) is 11.0 Å². The van der Waals surface area contributed by atoms with Crippen LogP contribution in [0.5, 0.6) is 5.75 Å². The van der Waals surface area contributed by atoms with E-state index in [9.17, 15) is 14.9 Å². The van der Waals surface area contributed by atoms with Crippen LogP contribution in [0.15, 0.2) is 24.3 Å². The minimum Gasteiger partial charge on any atom is -0.484 e. The van der Waals surface area contributed by atoms with Crippen molar-refractivity contribution in [2.45, 2.75) is 32.1 Å². The number of nitro benzene ring substituents is 1. The molecule has 1 aliphatic carbocycles. The van der Waals surface area contributed by atoms with Gasteiger partial charge in [0.25, 0.3) is 11.6 Å². The molecule has 0 spiro atoms. The van der Waals surface area contributed by atoms with E-state index in [1.807, 2.05) is 4.90 Å². The standard InChI is InChI=1S/C17H22N2O4/c20-17(12-23-16-7-3-6-15(10-16)19(21)22)18-9-8-13-4-1-2-5-14(13)11-18/h3,6-7,10,13-14H,1-2,4-5,8-9,11-12H2/t13-,14+/m0/s1. The molecule has 2 fully saturated rings. The molecule has 1 amide bonds. The van der Waals surface area contributed by atoms with Gasteiger partial charge in [-0.15, -0.1) is 0 Å². The third-order valence-electron chi connectivity index (χ3n) is 5.03. The number of amides is 1. The zero-order chi connectivity index (χ0) is 16.2. The highest BCUT2D eigenvalue weighted by Crippen LogP contribution is 2.36. The van der Waals surface area contributed by atoms with E-state index in [2.05, 4.69) is 0 Å². The number of hydrogen-bond donors (Lipinski definition) is 0. The molecular formula is C17H22N2O4. The molecule has 0 bridgehead atoms. The smallest absolute Gasteiger partial charge is 0.273 e. The number of benzene rings is 1. The number of nitrogens with zero attached hydrogens (tertiary/aromatic N) is 2. The molecule has 1 heterocycles. The first kappa shape index (κ1) is 15.8. The summed E-state index contributed by atoms with van der Waals surface area (Å²) in [5.74, 6) is 1.75. The third-order valence-corrected chi connectivity index (χ3v) is 5.03. The lowest BCUT2D eigenvalue weighted by atomic mass is 9.75. The van der Waals surface area contributed by atoms with Crippen molar-refractivity contribution < 1.29 is 14.5 Å². The largest absolute Gasteiger partial charge is 0.484 e. The minimum absolute atomic E-state index is 0.0273. The van der Waals surface area contributed by atoms with E-state index in [1.165, 1.54) is 37.8 Å². The highest BCUT2D eigenvalue weighted by atomic mass is 16.6. The molecule has 0 N–H and O–H groups in total.